The van der Waals surface area contributed by atoms with E-state index in [-0.39, 0.29) is 55.9 Å². The largest absolute Gasteiger partial charge is 0.489 e. The van der Waals surface area contributed by atoms with E-state index in [2.05, 4.69) is 116 Å². The number of carboxylic acid groups (broad SMARTS) is 2. The van der Waals surface area contributed by atoms with Gasteiger partial charge in [0, 0.05) is 77.1 Å². The molecule has 0 fully saturated rings. The van der Waals surface area contributed by atoms with Crippen molar-refractivity contribution in [1.29, 1.82) is 0 Å². The second-order valence-electron chi connectivity index (χ2n) is 15.8. The summed E-state index contributed by atoms with van der Waals surface area (Å²) in [7, 11) is 0. The number of para-hydroxylation sites is 4. The van der Waals surface area contributed by atoms with Crippen LogP contribution >= 0.6 is 0 Å². The van der Waals surface area contributed by atoms with Gasteiger partial charge in [-0.15, -0.1) is 12.1 Å². The van der Waals surface area contributed by atoms with Crippen LogP contribution in [0.5, 0.6) is 11.5 Å². The topological polar surface area (TPSA) is 129 Å². The summed E-state index contributed by atoms with van der Waals surface area (Å²) in [5.41, 5.74) is 7.97. The molecule has 1 radical (unpaired) electrons. The van der Waals surface area contributed by atoms with Gasteiger partial charge in [-0.3, -0.25) is 8.78 Å². The summed E-state index contributed by atoms with van der Waals surface area (Å²) in [5.74, 6) is -3.23. The van der Waals surface area contributed by atoms with Gasteiger partial charge in [-0.1, -0.05) is 96.6 Å². The first-order valence-corrected chi connectivity index (χ1v) is 21.4. The predicted octanol–water partition coefficient (Wildman–Crippen LogP) is 12.7. The van der Waals surface area contributed by atoms with Gasteiger partial charge in [-0.05, 0) is 95.7 Å². The Labute approximate surface area is 406 Å². The molecule has 69 heavy (non-hydrogen) atoms. The molecule has 10 nitrogen and oxygen atoms in total. The minimum Gasteiger partial charge on any atom is -0.489 e. The van der Waals surface area contributed by atoms with Crippen molar-refractivity contribution in [2.24, 2.45) is 0 Å². The van der Waals surface area contributed by atoms with Crippen LogP contribution in [0.15, 0.2) is 188 Å². The maximum Gasteiger partial charge on any atom is 0.358 e. The van der Waals surface area contributed by atoms with Crippen LogP contribution in [0.2, 0.25) is 0 Å². The van der Waals surface area contributed by atoms with E-state index < -0.39 is 23.6 Å². The molecule has 0 saturated carbocycles. The summed E-state index contributed by atoms with van der Waals surface area (Å²) < 4.78 is 42.5. The number of nitrogens with zero attached hydrogens (tertiary/aromatic N) is 4. The van der Waals surface area contributed by atoms with Crippen LogP contribution < -0.4 is 9.47 Å². The Morgan fingerprint density at radius 3 is 1.59 bits per heavy atom. The van der Waals surface area contributed by atoms with E-state index in [1.165, 1.54) is 24.4 Å². The number of aromatic carboxylic acids is 2. The molecule has 4 heterocycles. The van der Waals surface area contributed by atoms with Gasteiger partial charge in [0.2, 0.25) is 0 Å². The Hall–Kier alpha value is -8.51. The fourth-order valence-corrected chi connectivity index (χ4v) is 8.50. The smallest absolute Gasteiger partial charge is 0.358 e. The van der Waals surface area contributed by atoms with Crippen molar-refractivity contribution in [3.63, 3.8) is 0 Å². The van der Waals surface area contributed by atoms with Gasteiger partial charge >= 0.3 is 11.9 Å². The van der Waals surface area contributed by atoms with E-state index in [9.17, 15) is 28.6 Å². The maximum atomic E-state index is 13.2. The first-order chi connectivity index (χ1) is 33.2. The molecule has 0 unspecified atom stereocenters. The number of pyridine rings is 2. The standard InChI is InChI=1S/C45H31N3O6.C11H6F2N.Ir/c49-44(50)30-20-28(27-54-42-18-9-19-46-43(42)45(51)52)23-33(24-30)53-26-29-21-31(47-38-14-5-1-10-34(38)35-11-2-6-15-39(35)47)25-32(22-29)48-40-16-7-3-12-36(40)37-13-4-8-17-41(37)48;12-8-4-5-9(10(13)7-8)11-3-1-2-6-14-11;/h1-25H,26-27H2,(H,49,50)(H,51,52);1-4,6-7H;/q;-1;. The molecule has 0 atom stereocenters. The predicted molar refractivity (Wildman–Crippen MR) is 257 cm³/mol. The Balaban J connectivity index is 0.000000339. The zero-order chi connectivity index (χ0) is 46.7. The second-order valence-corrected chi connectivity index (χ2v) is 15.8. The number of carboxylic acids is 2. The minimum atomic E-state index is -1.22. The average Bonchev–Trinajstić information content (AvgIpc) is 3.89. The van der Waals surface area contributed by atoms with Crippen LogP contribution in [0.3, 0.4) is 0 Å². The average molecular weight is 1090 g/mol. The molecule has 0 amide bonds. The van der Waals surface area contributed by atoms with Crippen molar-refractivity contribution in [1.82, 2.24) is 19.1 Å². The third-order valence-corrected chi connectivity index (χ3v) is 11.4. The van der Waals surface area contributed by atoms with E-state index >= 15 is 0 Å². The maximum absolute atomic E-state index is 13.2. The molecule has 11 rings (SSSR count). The molecule has 0 spiro atoms. The molecule has 4 aromatic heterocycles. The van der Waals surface area contributed by atoms with Crippen LogP contribution in [-0.4, -0.2) is 41.3 Å². The molecular formula is C56H37F2IrN4O6-. The van der Waals surface area contributed by atoms with E-state index in [4.69, 9.17) is 9.47 Å². The number of carbonyl (C=O) groups is 2. The van der Waals surface area contributed by atoms with Crippen molar-refractivity contribution in [2.75, 3.05) is 0 Å². The molecule has 13 heteroatoms. The molecular weight excluding hydrogens is 1050 g/mol. The van der Waals surface area contributed by atoms with Gasteiger partial charge in [0.05, 0.1) is 27.6 Å². The Kier molecular flexibility index (Phi) is 13.1. The van der Waals surface area contributed by atoms with E-state index in [1.807, 2.05) is 24.3 Å². The number of hydrogen-bond acceptors (Lipinski definition) is 6. The normalized spacial score (nSPS) is 11.0. The number of halogens is 2. The second kappa shape index (κ2) is 19.8. The fraction of sp³-hybridized carbons (Fsp3) is 0.0357. The molecule has 11 aromatic rings. The van der Waals surface area contributed by atoms with Crippen molar-refractivity contribution in [3.05, 3.63) is 228 Å². The Morgan fingerprint density at radius 1 is 0.551 bits per heavy atom. The summed E-state index contributed by atoms with van der Waals surface area (Å²) in [5, 5.41) is 24.1. The zero-order valence-corrected chi connectivity index (χ0v) is 38.6. The molecule has 0 aliphatic rings. The summed E-state index contributed by atoms with van der Waals surface area (Å²) >= 11 is 0. The van der Waals surface area contributed by atoms with E-state index in [0.717, 1.165) is 72.7 Å². The Morgan fingerprint density at radius 2 is 1.07 bits per heavy atom. The number of hydrogen-bond donors (Lipinski definition) is 2. The van der Waals surface area contributed by atoms with Gasteiger partial charge < -0.3 is 33.8 Å². The monoisotopic (exact) mass is 1090 g/mol. The quantitative estimate of drug-likeness (QED) is 0.123. The van der Waals surface area contributed by atoms with E-state index in [1.54, 1.807) is 36.5 Å². The molecule has 0 aliphatic heterocycles. The Bertz CT molecular complexity index is 3470. The number of rotatable bonds is 11. The molecule has 2 N–H and O–H groups in total. The van der Waals surface area contributed by atoms with Gasteiger partial charge in [0.25, 0.3) is 0 Å². The van der Waals surface area contributed by atoms with Gasteiger partial charge in [-0.25, -0.2) is 14.6 Å². The van der Waals surface area contributed by atoms with E-state index in [0.29, 0.717) is 17.0 Å². The molecule has 341 valence electrons. The molecule has 0 aliphatic carbocycles. The zero-order valence-electron chi connectivity index (χ0n) is 36.2. The van der Waals surface area contributed by atoms with Gasteiger partial charge in [0.1, 0.15) is 19.0 Å². The number of ether oxygens (including phenoxy) is 2. The molecule has 0 saturated heterocycles. The van der Waals surface area contributed by atoms with Crippen LogP contribution in [0.25, 0.3) is 66.2 Å². The number of benzene rings is 7. The third kappa shape index (κ3) is 9.29. The first kappa shape index (κ1) is 45.6. The summed E-state index contributed by atoms with van der Waals surface area (Å²) in [4.78, 5) is 31.7. The van der Waals surface area contributed by atoms with Crippen molar-refractivity contribution >= 4 is 55.6 Å². The first-order valence-electron chi connectivity index (χ1n) is 21.4. The van der Waals surface area contributed by atoms with Gasteiger partial charge in [0.15, 0.2) is 11.4 Å². The minimum absolute atomic E-state index is 0. The van der Waals surface area contributed by atoms with Gasteiger partial charge in [-0.2, -0.15) is 0 Å². The summed E-state index contributed by atoms with van der Waals surface area (Å²) in [6, 6.07) is 57.2. The van der Waals surface area contributed by atoms with Crippen LogP contribution in [0, 0.1) is 17.7 Å². The summed E-state index contributed by atoms with van der Waals surface area (Å²) in [6.45, 7) is 0.0366. The molecule has 0 bridgehead atoms. The third-order valence-electron chi connectivity index (χ3n) is 11.4. The summed E-state index contributed by atoms with van der Waals surface area (Å²) in [6.07, 6.45) is 2.92. The number of fused-ring (bicyclic) bond motifs is 6. The van der Waals surface area contributed by atoms with Crippen molar-refractivity contribution in [2.45, 2.75) is 13.2 Å². The van der Waals surface area contributed by atoms with Crippen LogP contribution in [-0.2, 0) is 33.3 Å². The van der Waals surface area contributed by atoms with Crippen molar-refractivity contribution < 1.29 is 58.2 Å². The number of aromatic nitrogens is 4. The SMILES string of the molecule is Fc1c[c-]c(-c2ccccn2)c(F)c1.O=C(O)c1cc(COc2cccnc2C(=O)O)cc(OCc2cc(-n3c4ccccc4c4ccccc43)cc(-n3c4ccccc4c4ccccc43)c2)c1.[Ir]. The fourth-order valence-electron chi connectivity index (χ4n) is 8.50. The molecule has 7 aromatic carbocycles. The van der Waals surface area contributed by atoms with Crippen LogP contribution in [0.1, 0.15) is 32.0 Å². The van der Waals surface area contributed by atoms with Crippen molar-refractivity contribution in [3.8, 4) is 34.1 Å². The van der Waals surface area contributed by atoms with Crippen LogP contribution in [0.4, 0.5) is 8.78 Å².